The lowest BCUT2D eigenvalue weighted by molar-refractivity contribution is -0.914. The first-order chi connectivity index (χ1) is 9.52. The highest BCUT2D eigenvalue weighted by Gasteiger charge is 2.25. The van der Waals surface area contributed by atoms with Crippen LogP contribution in [-0.4, -0.2) is 37.7 Å². The first-order valence-corrected chi connectivity index (χ1v) is 7.45. The van der Waals surface area contributed by atoms with E-state index in [1.165, 1.54) is 4.90 Å². The van der Waals surface area contributed by atoms with Crippen LogP contribution in [0.5, 0.6) is 0 Å². The molecule has 1 aliphatic heterocycles. The average Bonchev–Trinajstić information content (AvgIpc) is 2.35. The van der Waals surface area contributed by atoms with Crippen LogP contribution in [0, 0.1) is 0 Å². The van der Waals surface area contributed by atoms with E-state index in [1.807, 2.05) is 12.1 Å². The maximum atomic E-state index is 11.9. The first kappa shape index (κ1) is 15.3. The topological polar surface area (TPSA) is 42.8 Å². The summed E-state index contributed by atoms with van der Waals surface area (Å²) in [6.45, 7) is 6.94. The Bertz CT molecular complexity index is 457. The summed E-state index contributed by atoms with van der Waals surface area (Å²) in [5.41, 5.74) is 0.751. The predicted octanol–water partition coefficient (Wildman–Crippen LogP) is 1.36. The van der Waals surface area contributed by atoms with Crippen molar-refractivity contribution >= 4 is 23.2 Å². The Kier molecular flexibility index (Phi) is 5.40. The number of carbonyl (C=O) groups is 1. The zero-order chi connectivity index (χ0) is 14.5. The van der Waals surface area contributed by atoms with E-state index in [-0.39, 0.29) is 18.1 Å². The van der Waals surface area contributed by atoms with Gasteiger partial charge in [0.15, 0.2) is 0 Å². The Morgan fingerprint density at radius 2 is 2.10 bits per heavy atom. The van der Waals surface area contributed by atoms with Crippen LogP contribution in [0.4, 0.5) is 5.69 Å². The number of amides is 1. The molecule has 4 nitrogen and oxygen atoms in total. The summed E-state index contributed by atoms with van der Waals surface area (Å²) < 4.78 is 5.70. The molecule has 20 heavy (non-hydrogen) atoms. The quantitative estimate of drug-likeness (QED) is 0.881. The van der Waals surface area contributed by atoms with Crippen molar-refractivity contribution in [1.82, 2.24) is 0 Å². The van der Waals surface area contributed by atoms with E-state index in [0.29, 0.717) is 11.4 Å². The summed E-state index contributed by atoms with van der Waals surface area (Å²) in [6.07, 6.45) is 1.05. The van der Waals surface area contributed by atoms with Gasteiger partial charge in [-0.05, 0) is 32.0 Å². The highest BCUT2D eigenvalue weighted by atomic mass is 35.5. The summed E-state index contributed by atoms with van der Waals surface area (Å²) in [6, 6.07) is 7.22. The van der Waals surface area contributed by atoms with E-state index < -0.39 is 0 Å². The number of carbonyl (C=O) groups excluding carboxylic acids is 1. The molecule has 1 saturated heterocycles. The molecule has 1 fully saturated rings. The minimum atomic E-state index is 0.0339. The van der Waals surface area contributed by atoms with Gasteiger partial charge in [0.2, 0.25) is 5.91 Å². The third-order valence-corrected chi connectivity index (χ3v) is 3.67. The molecule has 1 unspecified atom stereocenters. The lowest BCUT2D eigenvalue weighted by Crippen LogP contribution is -3.15. The van der Waals surface area contributed by atoms with Crippen LogP contribution in [-0.2, 0) is 9.53 Å². The van der Waals surface area contributed by atoms with Gasteiger partial charge in [-0.25, -0.2) is 0 Å². The number of nitrogens with one attached hydrogen (secondary N) is 2. The standard InChI is InChI=1S/C15H21ClN2O2/c1-11-9-18(10-12(2)20-11)7-6-15(19)17-14-5-3-4-13(16)8-14/h3-5,8,11-12H,6-7,9-10H2,1-2H3,(H,17,19)/p+1/t11-,12+. The van der Waals surface area contributed by atoms with Crippen LogP contribution in [0.15, 0.2) is 24.3 Å². The highest BCUT2D eigenvalue weighted by Crippen LogP contribution is 2.14. The average molecular weight is 298 g/mol. The SMILES string of the molecule is C[C@@H]1C[NH+](CCC(=O)Nc2cccc(Cl)c2)C[C@H](C)O1. The Morgan fingerprint density at radius 1 is 1.40 bits per heavy atom. The second-order valence-corrected chi connectivity index (χ2v) is 5.91. The van der Waals surface area contributed by atoms with Crippen LogP contribution in [0.25, 0.3) is 0 Å². The number of hydrogen-bond donors (Lipinski definition) is 2. The maximum absolute atomic E-state index is 11.9. The van der Waals surface area contributed by atoms with Crippen molar-refractivity contribution in [1.29, 1.82) is 0 Å². The van der Waals surface area contributed by atoms with Gasteiger partial charge in [0, 0.05) is 10.7 Å². The van der Waals surface area contributed by atoms with Crippen LogP contribution < -0.4 is 10.2 Å². The number of benzene rings is 1. The summed E-state index contributed by atoms with van der Waals surface area (Å²) in [5.74, 6) is 0.0339. The number of quaternary nitrogens is 1. The third-order valence-electron chi connectivity index (χ3n) is 3.43. The fourth-order valence-electron chi connectivity index (χ4n) is 2.67. The van der Waals surface area contributed by atoms with Gasteiger partial charge >= 0.3 is 0 Å². The molecule has 3 atom stereocenters. The zero-order valence-corrected chi connectivity index (χ0v) is 12.7. The molecule has 1 heterocycles. The Morgan fingerprint density at radius 3 is 2.75 bits per heavy atom. The fourth-order valence-corrected chi connectivity index (χ4v) is 2.86. The van der Waals surface area contributed by atoms with E-state index in [4.69, 9.17) is 16.3 Å². The van der Waals surface area contributed by atoms with Crippen molar-refractivity contribution in [3.05, 3.63) is 29.3 Å². The van der Waals surface area contributed by atoms with E-state index in [2.05, 4.69) is 19.2 Å². The second-order valence-electron chi connectivity index (χ2n) is 5.47. The molecule has 1 aromatic rings. The molecule has 110 valence electrons. The smallest absolute Gasteiger partial charge is 0.230 e. The van der Waals surface area contributed by atoms with Crippen molar-refractivity contribution in [2.75, 3.05) is 25.0 Å². The van der Waals surface area contributed by atoms with Crippen LogP contribution in [0.3, 0.4) is 0 Å². The van der Waals surface area contributed by atoms with E-state index >= 15 is 0 Å². The second kappa shape index (κ2) is 7.07. The van der Waals surface area contributed by atoms with Gasteiger partial charge in [0.05, 0.1) is 13.0 Å². The monoisotopic (exact) mass is 297 g/mol. The molecule has 0 aromatic heterocycles. The van der Waals surface area contributed by atoms with E-state index in [0.717, 1.165) is 25.3 Å². The van der Waals surface area contributed by atoms with Crippen molar-refractivity contribution in [2.24, 2.45) is 0 Å². The molecule has 0 aliphatic carbocycles. The van der Waals surface area contributed by atoms with Gasteiger partial charge in [-0.1, -0.05) is 17.7 Å². The third kappa shape index (κ3) is 4.78. The predicted molar refractivity (Wildman–Crippen MR) is 80.3 cm³/mol. The largest absolute Gasteiger partial charge is 0.364 e. The van der Waals surface area contributed by atoms with Crippen LogP contribution >= 0.6 is 11.6 Å². The summed E-state index contributed by atoms with van der Waals surface area (Å²) in [4.78, 5) is 13.4. The normalized spacial score (nSPS) is 26.2. The Hall–Kier alpha value is -1.10. The summed E-state index contributed by atoms with van der Waals surface area (Å²) in [5, 5.41) is 3.51. The number of morpholine rings is 1. The van der Waals surface area contributed by atoms with E-state index in [1.54, 1.807) is 12.1 Å². The lowest BCUT2D eigenvalue weighted by Gasteiger charge is -2.32. The van der Waals surface area contributed by atoms with Crippen LogP contribution in [0.1, 0.15) is 20.3 Å². The summed E-state index contributed by atoms with van der Waals surface area (Å²) in [7, 11) is 0. The Labute approximate surface area is 125 Å². The van der Waals surface area contributed by atoms with Crippen LogP contribution in [0.2, 0.25) is 5.02 Å². The molecule has 2 rings (SSSR count). The van der Waals surface area contributed by atoms with Crippen molar-refractivity contribution in [3.63, 3.8) is 0 Å². The minimum Gasteiger partial charge on any atom is -0.364 e. The van der Waals surface area contributed by atoms with Crippen molar-refractivity contribution < 1.29 is 14.4 Å². The molecule has 1 aromatic carbocycles. The van der Waals surface area contributed by atoms with E-state index in [9.17, 15) is 4.79 Å². The Balaban J connectivity index is 1.77. The number of rotatable bonds is 4. The molecule has 0 spiro atoms. The number of hydrogen-bond acceptors (Lipinski definition) is 2. The molecule has 2 N–H and O–H groups in total. The molecular weight excluding hydrogens is 276 g/mol. The molecule has 0 saturated carbocycles. The maximum Gasteiger partial charge on any atom is 0.230 e. The zero-order valence-electron chi connectivity index (χ0n) is 12.0. The summed E-state index contributed by atoms with van der Waals surface area (Å²) >= 11 is 5.89. The lowest BCUT2D eigenvalue weighted by atomic mass is 10.2. The van der Waals surface area contributed by atoms with Gasteiger partial charge in [-0.3, -0.25) is 4.79 Å². The molecule has 1 amide bonds. The van der Waals surface area contributed by atoms with Gasteiger partial charge in [0.25, 0.3) is 0 Å². The highest BCUT2D eigenvalue weighted by molar-refractivity contribution is 6.30. The first-order valence-electron chi connectivity index (χ1n) is 7.07. The molecule has 0 bridgehead atoms. The van der Waals surface area contributed by atoms with Gasteiger partial charge in [0.1, 0.15) is 25.3 Å². The minimum absolute atomic E-state index is 0.0339. The van der Waals surface area contributed by atoms with Crippen molar-refractivity contribution in [2.45, 2.75) is 32.5 Å². The van der Waals surface area contributed by atoms with Crippen molar-refractivity contribution in [3.8, 4) is 0 Å². The number of anilines is 1. The molecule has 5 heteroatoms. The van der Waals surface area contributed by atoms with Gasteiger partial charge < -0.3 is 15.0 Å². The van der Waals surface area contributed by atoms with Gasteiger partial charge in [-0.2, -0.15) is 0 Å². The number of halogens is 1. The molecule has 1 aliphatic rings. The molecular formula is C15H22ClN2O2+. The fraction of sp³-hybridized carbons (Fsp3) is 0.533. The number of ether oxygens (including phenoxy) is 1. The van der Waals surface area contributed by atoms with Gasteiger partial charge in [-0.15, -0.1) is 0 Å². The molecule has 0 radical (unpaired) electrons.